The summed E-state index contributed by atoms with van der Waals surface area (Å²) in [5.74, 6) is -154. The molecule has 1 N–H and O–H groups in total. The maximum absolute atomic E-state index is 14.4. The molecule has 0 rings (SSSR count). The second-order valence-electron chi connectivity index (χ2n) is 12.8. The summed E-state index contributed by atoms with van der Waals surface area (Å²) in [6.45, 7) is -2.35. The van der Waals surface area contributed by atoms with Crippen LogP contribution in [-0.2, 0) is 0 Å². The molecular formula is C24H8F42OS2. The van der Waals surface area contributed by atoms with E-state index in [4.69, 9.17) is 5.11 Å². The lowest BCUT2D eigenvalue weighted by Gasteiger charge is -2.44. The SMILES string of the molecule is OCCC(CSC(F)(F)C(F)(F)C(F)(F)C(F)(F)C(F)(F)C(F)(F)C(F)(F)C(F)(F)C(F)(F)C(F)(F)F)SC(F)(F)C(F)(F)C(F)(F)C(F)(F)C(F)(F)C(F)(F)C(F)(F)C(F)(F)C(F)(F)C(F)(F)F. The van der Waals surface area contributed by atoms with Crippen molar-refractivity contribution in [3.05, 3.63) is 0 Å². The highest BCUT2D eigenvalue weighted by atomic mass is 32.2. The Balaban J connectivity index is 7.31. The Kier molecular flexibility index (Phi) is 16.8. The standard InChI is InChI=1S/C24H8F42OS2/c25-5(26,9(33,34)13(41,42)17(49,50)21(57,58)59)7(29,30)11(37,38)15(45,46)19(53,54)23(63,64)68-3-4(1-2-67)69-24(65,66)20(55,56)16(47,48)12(39,40)8(31,32)6(27,28)10(35,36)14(43,44)18(51,52)22(60,61)62/h4,67H,1-3H2. The van der Waals surface area contributed by atoms with Crippen LogP contribution in [0.1, 0.15) is 6.42 Å². The van der Waals surface area contributed by atoms with Crippen LogP contribution in [0, 0.1) is 0 Å². The molecule has 45 heteroatoms. The van der Waals surface area contributed by atoms with Crippen molar-refractivity contribution >= 4 is 23.5 Å². The first-order chi connectivity index (χ1) is 29.1. The fourth-order valence-electron chi connectivity index (χ4n) is 3.98. The average molecular weight is 1170 g/mol. The molecule has 0 spiro atoms. The minimum absolute atomic E-state index is 2.35. The Morgan fingerprint density at radius 2 is 0.420 bits per heavy atom. The van der Waals surface area contributed by atoms with Gasteiger partial charge in [-0.1, -0.05) is 23.5 Å². The van der Waals surface area contributed by atoms with E-state index in [1.807, 2.05) is 0 Å². The highest BCUT2D eigenvalue weighted by Crippen LogP contribution is 2.70. The van der Waals surface area contributed by atoms with E-state index in [0.29, 0.717) is 0 Å². The van der Waals surface area contributed by atoms with Gasteiger partial charge in [-0.05, 0) is 6.42 Å². The van der Waals surface area contributed by atoms with Crippen molar-refractivity contribution in [2.75, 3.05) is 12.4 Å². The normalized spacial score (nSPS) is 17.4. The van der Waals surface area contributed by atoms with Gasteiger partial charge in [0.15, 0.2) is 0 Å². The van der Waals surface area contributed by atoms with Gasteiger partial charge in [0.05, 0.1) is 0 Å². The zero-order chi connectivity index (χ0) is 57.1. The second kappa shape index (κ2) is 17.4. The van der Waals surface area contributed by atoms with Crippen molar-refractivity contribution in [1.29, 1.82) is 0 Å². The summed E-state index contributed by atoms with van der Waals surface area (Å²) < 4.78 is 570. The van der Waals surface area contributed by atoms with E-state index in [1.165, 1.54) is 0 Å². The molecule has 1 atom stereocenters. The first kappa shape index (κ1) is 66.7. The molecule has 0 aliphatic rings. The predicted molar refractivity (Wildman–Crippen MR) is 137 cm³/mol. The third-order valence-electron chi connectivity index (χ3n) is 8.18. The van der Waals surface area contributed by atoms with Gasteiger partial charge in [-0.15, -0.1) is 0 Å². The second-order valence-corrected chi connectivity index (χ2v) is 15.3. The largest absolute Gasteiger partial charge is 0.460 e. The Labute approximate surface area is 355 Å². The molecule has 0 aliphatic carbocycles. The molecule has 0 saturated heterocycles. The van der Waals surface area contributed by atoms with Gasteiger partial charge in [0.25, 0.3) is 0 Å². The van der Waals surface area contributed by atoms with Crippen molar-refractivity contribution in [3.8, 4) is 0 Å². The van der Waals surface area contributed by atoms with Crippen LogP contribution in [0.4, 0.5) is 184 Å². The van der Waals surface area contributed by atoms with E-state index in [1.54, 1.807) is 0 Å². The van der Waals surface area contributed by atoms with Crippen LogP contribution < -0.4 is 0 Å². The van der Waals surface area contributed by atoms with Crippen LogP contribution in [0.3, 0.4) is 0 Å². The first-order valence-electron chi connectivity index (χ1n) is 15.0. The number of aliphatic hydroxyl groups excluding tert-OH is 1. The summed E-state index contributed by atoms with van der Waals surface area (Å²) in [7, 11) is 0. The minimum Gasteiger partial charge on any atom is -0.396 e. The van der Waals surface area contributed by atoms with Gasteiger partial charge in [-0.3, -0.25) is 0 Å². The third-order valence-corrected chi connectivity index (χ3v) is 10.9. The van der Waals surface area contributed by atoms with E-state index >= 15 is 0 Å². The topological polar surface area (TPSA) is 20.2 Å². The van der Waals surface area contributed by atoms with Crippen LogP contribution in [-0.4, -0.2) is 140 Å². The van der Waals surface area contributed by atoms with E-state index in [0.717, 1.165) is 0 Å². The molecule has 0 aromatic heterocycles. The van der Waals surface area contributed by atoms with Crippen molar-refractivity contribution in [1.82, 2.24) is 0 Å². The fourth-order valence-corrected chi connectivity index (χ4v) is 6.25. The van der Waals surface area contributed by atoms with Gasteiger partial charge >= 0.3 is 118 Å². The Bertz CT molecular complexity index is 1780. The number of alkyl halides is 42. The molecule has 0 bridgehead atoms. The maximum atomic E-state index is 14.4. The Hall–Kier alpha value is -2.28. The maximum Gasteiger partial charge on any atom is 0.460 e. The fraction of sp³-hybridized carbons (Fsp3) is 1.00. The zero-order valence-corrected chi connectivity index (χ0v) is 31.5. The molecule has 0 heterocycles. The predicted octanol–water partition coefficient (Wildman–Crippen LogP) is 14.7. The molecule has 416 valence electrons. The smallest absolute Gasteiger partial charge is 0.396 e. The average Bonchev–Trinajstić information content (AvgIpc) is 3.11. The molecule has 0 aliphatic heterocycles. The lowest BCUT2D eigenvalue weighted by Crippen LogP contribution is -2.76. The van der Waals surface area contributed by atoms with Crippen LogP contribution in [0.25, 0.3) is 0 Å². The molecule has 0 saturated carbocycles. The minimum atomic E-state index is -9.78. The molecule has 1 unspecified atom stereocenters. The lowest BCUT2D eigenvalue weighted by atomic mass is 9.87. The number of rotatable bonds is 23. The summed E-state index contributed by atoms with van der Waals surface area (Å²) >= 11 is -6.19. The van der Waals surface area contributed by atoms with E-state index in [-0.39, 0.29) is 0 Å². The Morgan fingerprint density at radius 3 is 0.609 bits per heavy atom. The summed E-state index contributed by atoms with van der Waals surface area (Å²) in [6, 6.07) is 0. The summed E-state index contributed by atoms with van der Waals surface area (Å²) in [4.78, 5) is 0. The molecule has 0 aromatic rings. The van der Waals surface area contributed by atoms with Crippen LogP contribution >= 0.6 is 23.5 Å². The molecule has 0 fully saturated rings. The van der Waals surface area contributed by atoms with Crippen LogP contribution in [0.15, 0.2) is 0 Å². The monoisotopic (exact) mass is 1170 g/mol. The van der Waals surface area contributed by atoms with Gasteiger partial charge in [0, 0.05) is 17.6 Å². The summed E-state index contributed by atoms with van der Waals surface area (Å²) in [5.41, 5.74) is 0. The first-order valence-corrected chi connectivity index (χ1v) is 16.9. The quantitative estimate of drug-likeness (QED) is 0.103. The highest BCUT2D eigenvalue weighted by Gasteiger charge is 3.00. The molecular weight excluding hydrogens is 1170 g/mol. The Morgan fingerprint density at radius 1 is 0.246 bits per heavy atom. The lowest BCUT2D eigenvalue weighted by molar-refractivity contribution is -0.472. The van der Waals surface area contributed by atoms with Crippen molar-refractivity contribution < 1.29 is 190 Å². The third kappa shape index (κ3) is 8.84. The number of hydrogen-bond acceptors (Lipinski definition) is 3. The number of aliphatic hydroxyl groups is 1. The van der Waals surface area contributed by atoms with Gasteiger partial charge in [-0.2, -0.15) is 184 Å². The molecule has 0 aromatic carbocycles. The van der Waals surface area contributed by atoms with Gasteiger partial charge < -0.3 is 5.11 Å². The zero-order valence-electron chi connectivity index (χ0n) is 29.8. The van der Waals surface area contributed by atoms with E-state index in [9.17, 15) is 184 Å². The van der Waals surface area contributed by atoms with Gasteiger partial charge in [0.1, 0.15) is 0 Å². The van der Waals surface area contributed by atoms with Gasteiger partial charge in [0.2, 0.25) is 0 Å². The van der Waals surface area contributed by atoms with E-state index < -0.39 is 165 Å². The molecule has 0 radical (unpaired) electrons. The van der Waals surface area contributed by atoms with Crippen LogP contribution in [0.5, 0.6) is 0 Å². The summed E-state index contributed by atoms with van der Waals surface area (Å²) in [5, 5.41) is -11.3. The number of halogens is 42. The number of thioether (sulfide) groups is 2. The molecule has 0 amide bonds. The van der Waals surface area contributed by atoms with Crippen LogP contribution in [0.2, 0.25) is 0 Å². The van der Waals surface area contributed by atoms with Crippen molar-refractivity contribution in [2.45, 2.75) is 129 Å². The number of hydrogen-bond donors (Lipinski definition) is 1. The molecule has 69 heavy (non-hydrogen) atoms. The van der Waals surface area contributed by atoms with Crippen molar-refractivity contribution in [3.63, 3.8) is 0 Å². The molecule has 1 nitrogen and oxygen atoms in total. The highest BCUT2D eigenvalue weighted by molar-refractivity contribution is 8.04. The summed E-state index contributed by atoms with van der Waals surface area (Å²) in [6.07, 6.45) is -19.2. The van der Waals surface area contributed by atoms with Gasteiger partial charge in [-0.25, -0.2) is 0 Å². The van der Waals surface area contributed by atoms with Crippen molar-refractivity contribution in [2.24, 2.45) is 0 Å². The van der Waals surface area contributed by atoms with E-state index in [2.05, 4.69) is 0 Å².